The van der Waals surface area contributed by atoms with E-state index in [1.165, 1.54) is 0 Å². The molecule has 1 fully saturated rings. The summed E-state index contributed by atoms with van der Waals surface area (Å²) in [5.41, 5.74) is 1.12. The molecule has 142 valence electrons. The normalized spacial score (nSPS) is 22.1. The van der Waals surface area contributed by atoms with Gasteiger partial charge < -0.3 is 14.5 Å². The van der Waals surface area contributed by atoms with E-state index in [4.69, 9.17) is 39.5 Å². The van der Waals surface area contributed by atoms with Gasteiger partial charge in [0.05, 0.1) is 16.7 Å². The van der Waals surface area contributed by atoms with Crippen molar-refractivity contribution in [2.45, 2.75) is 18.8 Å². The van der Waals surface area contributed by atoms with E-state index in [0.29, 0.717) is 28.1 Å². The Labute approximate surface area is 171 Å². The van der Waals surface area contributed by atoms with Gasteiger partial charge in [0, 0.05) is 43.7 Å². The number of nitrogens with zero attached hydrogens (tertiary/aromatic N) is 2. The highest BCUT2D eigenvalue weighted by molar-refractivity contribution is 6.40. The van der Waals surface area contributed by atoms with Crippen LogP contribution in [0.3, 0.4) is 0 Å². The maximum Gasteiger partial charge on any atom is 0.137 e. The smallest absolute Gasteiger partial charge is 0.137 e. The first-order chi connectivity index (χ1) is 12.5. The molecule has 0 bridgehead atoms. The van der Waals surface area contributed by atoms with Crippen molar-refractivity contribution in [3.63, 3.8) is 0 Å². The Morgan fingerprint density at radius 1 is 1.12 bits per heavy atom. The number of piperazine rings is 1. The van der Waals surface area contributed by atoms with Crippen molar-refractivity contribution in [2.75, 3.05) is 46.4 Å². The van der Waals surface area contributed by atoms with Crippen molar-refractivity contribution in [3.05, 3.63) is 51.0 Å². The second kappa shape index (κ2) is 9.48. The van der Waals surface area contributed by atoms with Crippen LogP contribution >= 0.6 is 34.8 Å². The van der Waals surface area contributed by atoms with Gasteiger partial charge in [-0.25, -0.2) is 0 Å². The highest BCUT2D eigenvalue weighted by Gasteiger charge is 2.17. The molecule has 1 heterocycles. The van der Waals surface area contributed by atoms with Gasteiger partial charge in [-0.15, -0.1) is 0 Å². The zero-order valence-corrected chi connectivity index (χ0v) is 17.3. The fourth-order valence-electron chi connectivity index (χ4n) is 3.29. The molecule has 1 atom stereocenters. The van der Waals surface area contributed by atoms with Crippen LogP contribution in [0.5, 0.6) is 5.75 Å². The molecule has 1 unspecified atom stereocenters. The average molecular weight is 416 g/mol. The molecule has 1 aliphatic heterocycles. The number of allylic oxidation sites excluding steroid dienone is 4. The molecule has 1 aliphatic carbocycles. The third-order valence-corrected chi connectivity index (χ3v) is 6.09. The van der Waals surface area contributed by atoms with Crippen LogP contribution in [0.4, 0.5) is 0 Å². The van der Waals surface area contributed by atoms with Gasteiger partial charge in [0.1, 0.15) is 5.75 Å². The molecule has 0 saturated carbocycles. The molecule has 26 heavy (non-hydrogen) atoms. The molecule has 3 nitrogen and oxygen atoms in total. The Balaban J connectivity index is 1.47. The lowest BCUT2D eigenvalue weighted by Gasteiger charge is -2.32. The van der Waals surface area contributed by atoms with E-state index < -0.39 is 0 Å². The molecule has 2 aliphatic rings. The molecule has 1 saturated heterocycles. The lowest BCUT2D eigenvalue weighted by atomic mass is 9.92. The zero-order valence-electron chi connectivity index (χ0n) is 15.1. The highest BCUT2D eigenvalue weighted by Crippen LogP contribution is 2.37. The fourth-order valence-corrected chi connectivity index (χ4v) is 3.91. The highest BCUT2D eigenvalue weighted by atomic mass is 35.5. The summed E-state index contributed by atoms with van der Waals surface area (Å²) in [7, 11) is 2.17. The lowest BCUT2D eigenvalue weighted by molar-refractivity contribution is 0.145. The molecular formula is C20H25Cl3N2O. The number of ether oxygens (including phenoxy) is 1. The van der Waals surface area contributed by atoms with Crippen LogP contribution in [0, 0.1) is 0 Å². The molecule has 0 N–H and O–H groups in total. The van der Waals surface area contributed by atoms with E-state index in [-0.39, 0.29) is 5.92 Å². The van der Waals surface area contributed by atoms with Gasteiger partial charge in [-0.3, -0.25) is 0 Å². The number of likely N-dealkylation sites (N-methyl/N-ethyl adjacent to an activating group) is 1. The maximum absolute atomic E-state index is 6.42. The van der Waals surface area contributed by atoms with Crippen LogP contribution in [-0.2, 0) is 0 Å². The third kappa shape index (κ3) is 5.40. The monoisotopic (exact) mass is 414 g/mol. The molecule has 1 aromatic rings. The minimum absolute atomic E-state index is 0.203. The Hall–Kier alpha value is -0.710. The first-order valence-corrected chi connectivity index (χ1v) is 10.2. The van der Waals surface area contributed by atoms with Crippen molar-refractivity contribution >= 4 is 34.8 Å². The number of hydrogen-bond acceptors (Lipinski definition) is 3. The van der Waals surface area contributed by atoms with Crippen molar-refractivity contribution < 1.29 is 4.74 Å². The van der Waals surface area contributed by atoms with Gasteiger partial charge in [0.15, 0.2) is 0 Å². The van der Waals surface area contributed by atoms with E-state index in [0.717, 1.165) is 50.5 Å². The summed E-state index contributed by atoms with van der Waals surface area (Å²) in [5.74, 6) is 0.946. The molecular weight excluding hydrogens is 391 g/mol. The van der Waals surface area contributed by atoms with Crippen LogP contribution in [0.2, 0.25) is 5.02 Å². The molecule has 0 radical (unpaired) electrons. The standard InChI is InChI=1S/C20H25Cl3N2O/c1-24-8-10-25(11-9-24)7-2-12-26-20-6-4-16(14-19(20)23)15-3-5-17(21)18(22)13-15/h3-6,14-15H,2,7-13H2,1H3. The number of rotatable bonds is 6. The average Bonchev–Trinajstić information content (AvgIpc) is 2.63. The number of halogens is 3. The van der Waals surface area contributed by atoms with E-state index in [9.17, 15) is 0 Å². The molecule has 6 heteroatoms. The lowest BCUT2D eigenvalue weighted by Crippen LogP contribution is -2.44. The van der Waals surface area contributed by atoms with Gasteiger partial charge in [-0.1, -0.05) is 46.9 Å². The summed E-state index contributed by atoms with van der Waals surface area (Å²) >= 11 is 18.6. The minimum Gasteiger partial charge on any atom is -0.492 e. The van der Waals surface area contributed by atoms with Gasteiger partial charge in [-0.05, 0) is 43.7 Å². The Morgan fingerprint density at radius 2 is 1.88 bits per heavy atom. The second-order valence-electron chi connectivity index (χ2n) is 6.96. The van der Waals surface area contributed by atoms with Crippen LogP contribution < -0.4 is 4.74 Å². The van der Waals surface area contributed by atoms with E-state index >= 15 is 0 Å². The zero-order chi connectivity index (χ0) is 18.5. The van der Waals surface area contributed by atoms with E-state index in [1.807, 2.05) is 18.2 Å². The Morgan fingerprint density at radius 3 is 2.58 bits per heavy atom. The number of hydrogen-bond donors (Lipinski definition) is 0. The van der Waals surface area contributed by atoms with Crippen molar-refractivity contribution in [3.8, 4) is 5.75 Å². The Kier molecular flexibility index (Phi) is 7.30. The molecule has 1 aromatic carbocycles. The maximum atomic E-state index is 6.42. The summed E-state index contributed by atoms with van der Waals surface area (Å²) in [5, 5.41) is 1.96. The number of benzene rings is 1. The topological polar surface area (TPSA) is 15.7 Å². The second-order valence-corrected chi connectivity index (χ2v) is 8.23. The summed E-state index contributed by atoms with van der Waals surface area (Å²) in [6, 6.07) is 5.98. The summed E-state index contributed by atoms with van der Waals surface area (Å²) in [6.07, 6.45) is 5.63. The van der Waals surface area contributed by atoms with Gasteiger partial charge >= 0.3 is 0 Å². The third-order valence-electron chi connectivity index (χ3n) is 4.99. The van der Waals surface area contributed by atoms with Crippen LogP contribution in [0.1, 0.15) is 24.3 Å². The molecule has 3 rings (SSSR count). The van der Waals surface area contributed by atoms with Gasteiger partial charge in [-0.2, -0.15) is 0 Å². The van der Waals surface area contributed by atoms with Crippen molar-refractivity contribution in [1.29, 1.82) is 0 Å². The molecule has 0 aromatic heterocycles. The first kappa shape index (κ1) is 20.0. The Bertz CT molecular complexity index is 682. The summed E-state index contributed by atoms with van der Waals surface area (Å²) in [6.45, 7) is 6.33. The van der Waals surface area contributed by atoms with E-state index in [2.05, 4.69) is 29.0 Å². The van der Waals surface area contributed by atoms with Gasteiger partial charge in [0.2, 0.25) is 0 Å². The van der Waals surface area contributed by atoms with Crippen LogP contribution in [-0.4, -0.2) is 56.2 Å². The summed E-state index contributed by atoms with van der Waals surface area (Å²) < 4.78 is 5.89. The fraction of sp³-hybridized carbons (Fsp3) is 0.500. The minimum atomic E-state index is 0.203. The molecule has 0 amide bonds. The largest absolute Gasteiger partial charge is 0.492 e. The molecule has 0 spiro atoms. The van der Waals surface area contributed by atoms with Gasteiger partial charge in [0.25, 0.3) is 0 Å². The summed E-state index contributed by atoms with van der Waals surface area (Å²) in [4.78, 5) is 4.86. The quantitative estimate of drug-likeness (QED) is 0.602. The van der Waals surface area contributed by atoms with Crippen LogP contribution in [0.25, 0.3) is 0 Å². The SMILES string of the molecule is CN1CCN(CCCOc2ccc(C3C=CC(Cl)=C(Cl)C3)cc2Cl)CC1. The predicted octanol–water partition coefficient (Wildman–Crippen LogP) is 5.09. The van der Waals surface area contributed by atoms with Crippen LogP contribution in [0.15, 0.2) is 40.4 Å². The van der Waals surface area contributed by atoms with Crippen molar-refractivity contribution in [1.82, 2.24) is 9.80 Å². The first-order valence-electron chi connectivity index (χ1n) is 9.08. The van der Waals surface area contributed by atoms with Crippen molar-refractivity contribution in [2.24, 2.45) is 0 Å². The predicted molar refractivity (Wildman–Crippen MR) is 111 cm³/mol. The van der Waals surface area contributed by atoms with E-state index in [1.54, 1.807) is 0 Å².